The molecule has 0 fully saturated rings. The molecule has 0 aliphatic rings. The molecule has 0 aliphatic heterocycles. The standard InChI is InChI=1S/C15H21N3O3/c1-8(2)15(5,20)7-16-13(19)11-6-9(3)17-14-12(11)10(4)18-21-14/h6,8,20H,7H2,1-5H3,(H,16,19). The molecule has 1 amide bonds. The van der Waals surface area contributed by atoms with Gasteiger partial charge in [0.05, 0.1) is 22.2 Å². The lowest BCUT2D eigenvalue weighted by atomic mass is 9.92. The minimum atomic E-state index is -0.958. The highest BCUT2D eigenvalue weighted by atomic mass is 16.5. The molecule has 6 nitrogen and oxygen atoms in total. The Morgan fingerprint density at radius 1 is 1.48 bits per heavy atom. The zero-order valence-electron chi connectivity index (χ0n) is 13.0. The van der Waals surface area contributed by atoms with Crippen LogP contribution in [-0.4, -0.2) is 33.3 Å². The third-order valence-electron chi connectivity index (χ3n) is 3.84. The molecule has 1 atom stereocenters. The van der Waals surface area contributed by atoms with Crippen LogP contribution >= 0.6 is 0 Å². The molecule has 2 aromatic heterocycles. The van der Waals surface area contributed by atoms with Crippen LogP contribution in [0.2, 0.25) is 0 Å². The molecule has 21 heavy (non-hydrogen) atoms. The van der Waals surface area contributed by atoms with E-state index in [1.165, 1.54) is 0 Å². The zero-order chi connectivity index (χ0) is 15.8. The van der Waals surface area contributed by atoms with Crippen molar-refractivity contribution < 1.29 is 14.4 Å². The summed E-state index contributed by atoms with van der Waals surface area (Å²) in [6.45, 7) is 9.26. The highest BCUT2D eigenvalue weighted by Crippen LogP contribution is 2.22. The van der Waals surface area contributed by atoms with Crippen molar-refractivity contribution in [1.82, 2.24) is 15.5 Å². The highest BCUT2D eigenvalue weighted by molar-refractivity contribution is 6.06. The van der Waals surface area contributed by atoms with E-state index in [9.17, 15) is 9.90 Å². The van der Waals surface area contributed by atoms with Gasteiger partial charge in [-0.25, -0.2) is 4.98 Å². The van der Waals surface area contributed by atoms with Crippen molar-refractivity contribution in [1.29, 1.82) is 0 Å². The van der Waals surface area contributed by atoms with Crippen LogP contribution in [0.15, 0.2) is 10.6 Å². The third kappa shape index (κ3) is 3.05. The van der Waals surface area contributed by atoms with Gasteiger partial charge in [0.2, 0.25) is 0 Å². The summed E-state index contributed by atoms with van der Waals surface area (Å²) in [6.07, 6.45) is 0. The molecule has 2 rings (SSSR count). The quantitative estimate of drug-likeness (QED) is 0.899. The second kappa shape index (κ2) is 5.44. The molecule has 0 bridgehead atoms. The first kappa shape index (κ1) is 15.4. The maximum atomic E-state index is 12.4. The van der Waals surface area contributed by atoms with Crippen LogP contribution < -0.4 is 5.32 Å². The van der Waals surface area contributed by atoms with E-state index in [-0.39, 0.29) is 18.4 Å². The predicted octanol–water partition coefficient (Wildman–Crippen LogP) is 1.98. The fourth-order valence-electron chi connectivity index (χ4n) is 1.96. The lowest BCUT2D eigenvalue weighted by Crippen LogP contribution is -2.44. The Kier molecular flexibility index (Phi) is 4.00. The molecule has 1 unspecified atom stereocenters. The van der Waals surface area contributed by atoms with Crippen LogP contribution in [0.5, 0.6) is 0 Å². The predicted molar refractivity (Wildman–Crippen MR) is 79.1 cm³/mol. The monoisotopic (exact) mass is 291 g/mol. The number of amides is 1. The van der Waals surface area contributed by atoms with E-state index in [0.29, 0.717) is 28.1 Å². The van der Waals surface area contributed by atoms with Gasteiger partial charge in [0.25, 0.3) is 11.6 Å². The summed E-state index contributed by atoms with van der Waals surface area (Å²) in [5.41, 5.74) is 1.17. The van der Waals surface area contributed by atoms with Crippen molar-refractivity contribution in [3.05, 3.63) is 23.0 Å². The van der Waals surface area contributed by atoms with E-state index in [4.69, 9.17) is 4.52 Å². The lowest BCUT2D eigenvalue weighted by molar-refractivity contribution is 0.0142. The minimum absolute atomic E-state index is 0.0364. The van der Waals surface area contributed by atoms with Crippen molar-refractivity contribution in [2.45, 2.75) is 40.2 Å². The van der Waals surface area contributed by atoms with Gasteiger partial charge in [-0.1, -0.05) is 19.0 Å². The van der Waals surface area contributed by atoms with Gasteiger partial charge < -0.3 is 14.9 Å². The van der Waals surface area contributed by atoms with Gasteiger partial charge in [-0.3, -0.25) is 4.79 Å². The van der Waals surface area contributed by atoms with Crippen molar-refractivity contribution >= 4 is 17.0 Å². The van der Waals surface area contributed by atoms with Crippen molar-refractivity contribution in [3.8, 4) is 0 Å². The largest absolute Gasteiger partial charge is 0.388 e. The minimum Gasteiger partial charge on any atom is -0.388 e. The van der Waals surface area contributed by atoms with Gasteiger partial charge in [0.1, 0.15) is 0 Å². The van der Waals surface area contributed by atoms with E-state index in [1.54, 1.807) is 26.8 Å². The molecule has 2 heterocycles. The van der Waals surface area contributed by atoms with Crippen LogP contribution in [0, 0.1) is 19.8 Å². The van der Waals surface area contributed by atoms with E-state index in [2.05, 4.69) is 15.5 Å². The number of carbonyl (C=O) groups is 1. The SMILES string of the molecule is Cc1cc(C(=O)NCC(C)(O)C(C)C)c2c(C)noc2n1. The van der Waals surface area contributed by atoms with Gasteiger partial charge in [-0.2, -0.15) is 0 Å². The molecule has 0 spiro atoms. The topological polar surface area (TPSA) is 88.2 Å². The van der Waals surface area contributed by atoms with Crippen LogP contribution in [0.1, 0.15) is 42.5 Å². The molecule has 0 aliphatic carbocycles. The number of hydrogen-bond acceptors (Lipinski definition) is 5. The van der Waals surface area contributed by atoms with Crippen molar-refractivity contribution in [3.63, 3.8) is 0 Å². The van der Waals surface area contributed by atoms with Crippen molar-refractivity contribution in [2.75, 3.05) is 6.54 Å². The van der Waals surface area contributed by atoms with Gasteiger partial charge >= 0.3 is 0 Å². The smallest absolute Gasteiger partial charge is 0.258 e. The molecule has 0 saturated carbocycles. The number of carbonyl (C=O) groups excluding carboxylic acids is 1. The Morgan fingerprint density at radius 3 is 2.76 bits per heavy atom. The summed E-state index contributed by atoms with van der Waals surface area (Å²) in [5, 5.41) is 17.4. The van der Waals surface area contributed by atoms with Crippen LogP contribution in [0.25, 0.3) is 11.1 Å². The number of rotatable bonds is 4. The summed E-state index contributed by atoms with van der Waals surface area (Å²) in [6, 6.07) is 1.70. The Labute approximate surface area is 123 Å². The van der Waals surface area contributed by atoms with Crippen LogP contribution in [-0.2, 0) is 0 Å². The average molecular weight is 291 g/mol. The van der Waals surface area contributed by atoms with E-state index in [0.717, 1.165) is 0 Å². The summed E-state index contributed by atoms with van der Waals surface area (Å²) < 4.78 is 5.11. The first-order valence-electron chi connectivity index (χ1n) is 6.96. The molecule has 0 radical (unpaired) electrons. The number of aromatic nitrogens is 2. The number of aliphatic hydroxyl groups is 1. The first-order valence-corrected chi connectivity index (χ1v) is 6.96. The van der Waals surface area contributed by atoms with Crippen molar-refractivity contribution in [2.24, 2.45) is 5.92 Å². The van der Waals surface area contributed by atoms with E-state index >= 15 is 0 Å². The van der Waals surface area contributed by atoms with Crippen LogP contribution in [0.3, 0.4) is 0 Å². The molecular weight excluding hydrogens is 270 g/mol. The number of hydrogen-bond donors (Lipinski definition) is 2. The Bertz CT molecular complexity index is 674. The number of aryl methyl sites for hydroxylation is 2. The Hall–Kier alpha value is -1.95. The molecule has 114 valence electrons. The van der Waals surface area contributed by atoms with E-state index in [1.807, 2.05) is 13.8 Å². The molecule has 0 aromatic carbocycles. The number of pyridine rings is 1. The van der Waals surface area contributed by atoms with Crippen LogP contribution in [0.4, 0.5) is 0 Å². The maximum absolute atomic E-state index is 12.4. The molecule has 6 heteroatoms. The molecule has 0 saturated heterocycles. The Balaban J connectivity index is 2.30. The molecule has 2 aromatic rings. The maximum Gasteiger partial charge on any atom is 0.258 e. The van der Waals surface area contributed by atoms with E-state index < -0.39 is 5.60 Å². The average Bonchev–Trinajstić information content (AvgIpc) is 2.76. The summed E-state index contributed by atoms with van der Waals surface area (Å²) in [4.78, 5) is 16.6. The normalized spacial score (nSPS) is 14.4. The fourth-order valence-corrected chi connectivity index (χ4v) is 1.96. The number of nitrogens with zero attached hydrogens (tertiary/aromatic N) is 2. The molecular formula is C15H21N3O3. The fraction of sp³-hybridized carbons (Fsp3) is 0.533. The van der Waals surface area contributed by atoms with Gasteiger partial charge in [-0.05, 0) is 32.8 Å². The Morgan fingerprint density at radius 2 is 2.14 bits per heavy atom. The second-order valence-corrected chi connectivity index (χ2v) is 5.95. The van der Waals surface area contributed by atoms with Gasteiger partial charge in [-0.15, -0.1) is 0 Å². The second-order valence-electron chi connectivity index (χ2n) is 5.95. The van der Waals surface area contributed by atoms with Gasteiger partial charge in [0, 0.05) is 12.2 Å². The first-order chi connectivity index (χ1) is 9.72. The number of fused-ring (bicyclic) bond motifs is 1. The lowest BCUT2D eigenvalue weighted by Gasteiger charge is -2.27. The summed E-state index contributed by atoms with van der Waals surface area (Å²) in [5.74, 6) is -0.230. The number of nitrogens with one attached hydrogen (secondary N) is 1. The third-order valence-corrected chi connectivity index (χ3v) is 3.84. The summed E-state index contributed by atoms with van der Waals surface area (Å²) >= 11 is 0. The molecule has 2 N–H and O–H groups in total. The zero-order valence-corrected chi connectivity index (χ0v) is 13.0. The summed E-state index contributed by atoms with van der Waals surface area (Å²) in [7, 11) is 0. The van der Waals surface area contributed by atoms with Gasteiger partial charge in [0.15, 0.2) is 0 Å². The highest BCUT2D eigenvalue weighted by Gasteiger charge is 2.26.